The van der Waals surface area contributed by atoms with Crippen LogP contribution >= 0.6 is 11.8 Å². The number of hydrogen-bond donors (Lipinski definition) is 0. The van der Waals surface area contributed by atoms with E-state index in [-0.39, 0.29) is 16.8 Å². The van der Waals surface area contributed by atoms with Crippen LogP contribution in [0.1, 0.15) is 25.7 Å². The number of pyridine rings is 1. The molecule has 2 saturated heterocycles. The average molecular weight is 322 g/mol. The summed E-state index contributed by atoms with van der Waals surface area (Å²) in [6.07, 6.45) is 6.13. The second-order valence-electron chi connectivity index (χ2n) is 6.61. The zero-order valence-corrected chi connectivity index (χ0v) is 13.2. The molecule has 3 fully saturated rings. The molecule has 1 aromatic rings. The summed E-state index contributed by atoms with van der Waals surface area (Å²) in [4.78, 5) is 17.9. The molecule has 1 atom stereocenters. The van der Waals surface area contributed by atoms with Crippen molar-refractivity contribution in [2.45, 2.75) is 42.2 Å². The van der Waals surface area contributed by atoms with Gasteiger partial charge in [0.1, 0.15) is 11.9 Å². The van der Waals surface area contributed by atoms with Crippen molar-refractivity contribution in [3.63, 3.8) is 0 Å². The monoisotopic (exact) mass is 322 g/mol. The molecule has 4 rings (SSSR count). The van der Waals surface area contributed by atoms with Crippen LogP contribution in [0.4, 0.5) is 4.39 Å². The van der Waals surface area contributed by atoms with Crippen LogP contribution in [0.15, 0.2) is 24.5 Å². The van der Waals surface area contributed by atoms with E-state index in [9.17, 15) is 9.18 Å². The van der Waals surface area contributed by atoms with E-state index in [0.717, 1.165) is 24.3 Å². The van der Waals surface area contributed by atoms with Gasteiger partial charge < -0.3 is 9.64 Å². The smallest absolute Gasteiger partial charge is 0.260 e. The first-order valence-corrected chi connectivity index (χ1v) is 8.76. The summed E-state index contributed by atoms with van der Waals surface area (Å²) in [6, 6.07) is 3.76. The van der Waals surface area contributed by atoms with Gasteiger partial charge in [0.2, 0.25) is 0 Å². The third kappa shape index (κ3) is 2.37. The number of carbonyl (C=O) groups is 1. The first-order chi connectivity index (χ1) is 10.6. The van der Waals surface area contributed by atoms with E-state index < -0.39 is 5.67 Å². The van der Waals surface area contributed by atoms with Gasteiger partial charge in [-0.05, 0) is 31.4 Å². The van der Waals surface area contributed by atoms with E-state index in [4.69, 9.17) is 4.74 Å². The van der Waals surface area contributed by atoms with Crippen molar-refractivity contribution in [2.75, 3.05) is 18.8 Å². The Labute approximate surface area is 133 Å². The number of hydrogen-bond acceptors (Lipinski definition) is 4. The largest absolute Gasteiger partial charge is 0.488 e. The number of aromatic nitrogens is 1. The summed E-state index contributed by atoms with van der Waals surface area (Å²) >= 11 is 1.85. The maximum absolute atomic E-state index is 14.2. The summed E-state index contributed by atoms with van der Waals surface area (Å²) in [5.41, 5.74) is -1.56. The van der Waals surface area contributed by atoms with Crippen LogP contribution in [-0.4, -0.2) is 51.2 Å². The number of carbonyl (C=O) groups excluding carboxylic acids is 1. The molecule has 0 unspecified atom stereocenters. The lowest BCUT2D eigenvalue weighted by Gasteiger charge is -2.50. The maximum atomic E-state index is 14.2. The highest BCUT2D eigenvalue weighted by Crippen LogP contribution is 2.48. The molecule has 0 aromatic carbocycles. The highest BCUT2D eigenvalue weighted by atomic mass is 32.2. The van der Waals surface area contributed by atoms with Crippen molar-refractivity contribution < 1.29 is 13.9 Å². The van der Waals surface area contributed by atoms with Gasteiger partial charge in [0.25, 0.3) is 5.91 Å². The lowest BCUT2D eigenvalue weighted by Crippen LogP contribution is -2.65. The van der Waals surface area contributed by atoms with Crippen molar-refractivity contribution in [1.82, 2.24) is 9.88 Å². The van der Waals surface area contributed by atoms with Crippen LogP contribution < -0.4 is 4.74 Å². The minimum Gasteiger partial charge on any atom is -0.488 e. The van der Waals surface area contributed by atoms with Gasteiger partial charge in [-0.1, -0.05) is 0 Å². The number of alkyl halides is 1. The standard InChI is InChI=1S/C16H19FN2O2S/c17-16(4-2-5-16)14(20)19-10-15(11-19)7-13(9-22-15)21-12-3-1-6-18-8-12/h1,3,6,8,13H,2,4-5,7,9-11H2/t13-/m1/s1. The predicted molar refractivity (Wildman–Crippen MR) is 82.7 cm³/mol. The zero-order chi connectivity index (χ0) is 15.2. The molecule has 6 heteroatoms. The number of likely N-dealkylation sites (tertiary alicyclic amines) is 1. The molecule has 1 saturated carbocycles. The average Bonchev–Trinajstić information content (AvgIpc) is 2.88. The Kier molecular flexibility index (Phi) is 3.33. The topological polar surface area (TPSA) is 42.4 Å². The molecule has 1 amide bonds. The fraction of sp³-hybridized carbons (Fsp3) is 0.625. The zero-order valence-electron chi connectivity index (χ0n) is 12.3. The van der Waals surface area contributed by atoms with Crippen LogP contribution in [0.25, 0.3) is 0 Å². The molecule has 1 aromatic heterocycles. The van der Waals surface area contributed by atoms with Gasteiger partial charge in [0, 0.05) is 31.5 Å². The number of nitrogens with zero attached hydrogens (tertiary/aromatic N) is 2. The van der Waals surface area contributed by atoms with E-state index in [1.54, 1.807) is 17.3 Å². The van der Waals surface area contributed by atoms with Crippen LogP contribution in [0.3, 0.4) is 0 Å². The Hall–Kier alpha value is -1.30. The van der Waals surface area contributed by atoms with Crippen molar-refractivity contribution >= 4 is 17.7 Å². The lowest BCUT2D eigenvalue weighted by atomic mass is 9.79. The van der Waals surface area contributed by atoms with Crippen LogP contribution in [0, 0.1) is 0 Å². The van der Waals surface area contributed by atoms with Crippen LogP contribution in [0.5, 0.6) is 5.75 Å². The summed E-state index contributed by atoms with van der Waals surface area (Å²) < 4.78 is 20.2. The Morgan fingerprint density at radius 3 is 2.91 bits per heavy atom. The van der Waals surface area contributed by atoms with Gasteiger partial charge in [-0.15, -0.1) is 11.8 Å². The first-order valence-electron chi connectivity index (χ1n) is 7.78. The fourth-order valence-corrected chi connectivity index (χ4v) is 5.01. The van der Waals surface area contributed by atoms with E-state index >= 15 is 0 Å². The van der Waals surface area contributed by atoms with Crippen molar-refractivity contribution in [1.29, 1.82) is 0 Å². The molecule has 1 spiro atoms. The van der Waals surface area contributed by atoms with Gasteiger partial charge in [0.15, 0.2) is 5.67 Å². The minimum atomic E-state index is -1.56. The molecule has 4 nitrogen and oxygen atoms in total. The van der Waals surface area contributed by atoms with Gasteiger partial charge in [-0.2, -0.15) is 0 Å². The second kappa shape index (κ2) is 5.11. The molecule has 3 heterocycles. The molecule has 0 bridgehead atoms. The molecule has 118 valence electrons. The molecule has 22 heavy (non-hydrogen) atoms. The number of halogens is 1. The van der Waals surface area contributed by atoms with E-state index in [1.165, 1.54) is 0 Å². The molecule has 3 aliphatic rings. The molecular formula is C16H19FN2O2S. The summed E-state index contributed by atoms with van der Waals surface area (Å²) in [7, 11) is 0. The first kappa shape index (κ1) is 14.3. The Balaban J connectivity index is 1.32. The van der Waals surface area contributed by atoms with E-state index in [0.29, 0.717) is 25.9 Å². The van der Waals surface area contributed by atoms with Crippen molar-refractivity contribution in [3.05, 3.63) is 24.5 Å². The molecule has 1 aliphatic carbocycles. The Bertz CT molecular complexity index is 573. The van der Waals surface area contributed by atoms with Crippen molar-refractivity contribution in [2.24, 2.45) is 0 Å². The van der Waals surface area contributed by atoms with Gasteiger partial charge in [-0.25, -0.2) is 4.39 Å². The normalized spacial score (nSPS) is 28.0. The number of ether oxygens (including phenoxy) is 1. The Morgan fingerprint density at radius 1 is 1.45 bits per heavy atom. The Morgan fingerprint density at radius 2 is 2.27 bits per heavy atom. The number of thioether (sulfide) groups is 1. The molecular weight excluding hydrogens is 303 g/mol. The predicted octanol–water partition coefficient (Wildman–Crippen LogP) is 2.44. The third-order valence-electron chi connectivity index (χ3n) is 4.89. The SMILES string of the molecule is O=C(N1CC2(C[C@@H](Oc3cccnc3)CS2)C1)C1(F)CCC1. The lowest BCUT2D eigenvalue weighted by molar-refractivity contribution is -0.155. The maximum Gasteiger partial charge on any atom is 0.260 e. The number of amides is 1. The van der Waals surface area contributed by atoms with Crippen LogP contribution in [-0.2, 0) is 4.79 Å². The van der Waals surface area contributed by atoms with Gasteiger partial charge in [0.05, 0.1) is 10.9 Å². The third-order valence-corrected chi connectivity index (χ3v) is 6.46. The van der Waals surface area contributed by atoms with E-state index in [1.807, 2.05) is 23.9 Å². The number of rotatable bonds is 3. The molecule has 0 radical (unpaired) electrons. The minimum absolute atomic E-state index is 0.0721. The quantitative estimate of drug-likeness (QED) is 0.857. The summed E-state index contributed by atoms with van der Waals surface area (Å²) in [5, 5.41) is 0. The van der Waals surface area contributed by atoms with E-state index in [2.05, 4.69) is 4.98 Å². The van der Waals surface area contributed by atoms with Gasteiger partial charge in [-0.3, -0.25) is 9.78 Å². The van der Waals surface area contributed by atoms with Gasteiger partial charge >= 0.3 is 0 Å². The fourth-order valence-electron chi connectivity index (χ4n) is 3.49. The van der Waals surface area contributed by atoms with Crippen LogP contribution in [0.2, 0.25) is 0 Å². The second-order valence-corrected chi connectivity index (χ2v) is 8.09. The highest BCUT2D eigenvalue weighted by Gasteiger charge is 2.56. The highest BCUT2D eigenvalue weighted by molar-refractivity contribution is 8.01. The van der Waals surface area contributed by atoms with Crippen molar-refractivity contribution in [3.8, 4) is 5.75 Å². The molecule has 0 N–H and O–H groups in total. The summed E-state index contributed by atoms with van der Waals surface area (Å²) in [6.45, 7) is 1.32. The molecule has 2 aliphatic heterocycles. The summed E-state index contributed by atoms with van der Waals surface area (Å²) in [5.74, 6) is 1.41.